The van der Waals surface area contributed by atoms with Crippen LogP contribution in [0.4, 0.5) is 5.82 Å². The van der Waals surface area contributed by atoms with Gasteiger partial charge >= 0.3 is 0 Å². The Balaban J connectivity index is 1.96. The van der Waals surface area contributed by atoms with Crippen molar-refractivity contribution < 1.29 is 8.42 Å². The van der Waals surface area contributed by atoms with Crippen molar-refractivity contribution in [1.29, 1.82) is 0 Å². The third-order valence-electron chi connectivity index (χ3n) is 5.48. The first-order chi connectivity index (χ1) is 15.4. The van der Waals surface area contributed by atoms with E-state index in [1.165, 1.54) is 12.1 Å². The molecule has 0 saturated heterocycles. The Bertz CT molecular complexity index is 1460. The molecule has 2 aromatic heterocycles. The highest BCUT2D eigenvalue weighted by Gasteiger charge is 2.24. The summed E-state index contributed by atoms with van der Waals surface area (Å²) in [5.74, 6) is 0.220. The number of nitrogens with zero attached hydrogens (tertiary/aromatic N) is 3. The highest BCUT2D eigenvalue weighted by Crippen LogP contribution is 2.32. The lowest BCUT2D eigenvalue weighted by molar-refractivity contribution is 0.570. The average molecular weight is 483 g/mol. The van der Waals surface area contributed by atoms with E-state index < -0.39 is 10.0 Å². The lowest BCUT2D eigenvalue weighted by atomic mass is 9.91. The van der Waals surface area contributed by atoms with Gasteiger partial charge in [0.05, 0.1) is 16.0 Å². The summed E-state index contributed by atoms with van der Waals surface area (Å²) in [5, 5.41) is 5.66. The minimum absolute atomic E-state index is 0.0691. The molecular formula is C25H27ClN4O2S. The largest absolute Gasteiger partial charge is 0.263 e. The summed E-state index contributed by atoms with van der Waals surface area (Å²) in [6.07, 6.45) is 0. The van der Waals surface area contributed by atoms with E-state index in [0.29, 0.717) is 16.1 Å². The normalized spacial score (nSPS) is 12.3. The maximum absolute atomic E-state index is 13.1. The van der Waals surface area contributed by atoms with Crippen LogP contribution in [0.15, 0.2) is 53.4 Å². The molecule has 1 N–H and O–H groups in total. The van der Waals surface area contributed by atoms with Gasteiger partial charge in [-0.25, -0.2) is 18.1 Å². The fourth-order valence-corrected chi connectivity index (χ4v) is 5.29. The molecule has 0 radical (unpaired) electrons. The molecule has 0 unspecified atom stereocenters. The number of nitrogens with one attached hydrogen (secondary N) is 1. The Morgan fingerprint density at radius 2 is 1.64 bits per heavy atom. The van der Waals surface area contributed by atoms with E-state index in [1.807, 2.05) is 32.9 Å². The average Bonchev–Trinajstić information content (AvgIpc) is 3.03. The summed E-state index contributed by atoms with van der Waals surface area (Å²) in [5.41, 5.74) is 5.41. The lowest BCUT2D eigenvalue weighted by Crippen LogP contribution is -2.14. The number of benzene rings is 2. The zero-order chi connectivity index (χ0) is 24.1. The number of anilines is 1. The van der Waals surface area contributed by atoms with Gasteiger partial charge in [-0.05, 0) is 62.2 Å². The minimum atomic E-state index is -3.90. The van der Waals surface area contributed by atoms with E-state index in [9.17, 15) is 8.42 Å². The zero-order valence-electron chi connectivity index (χ0n) is 19.6. The molecule has 8 heteroatoms. The molecule has 172 valence electrons. The molecule has 0 fully saturated rings. The molecule has 6 nitrogen and oxygen atoms in total. The molecule has 0 amide bonds. The summed E-state index contributed by atoms with van der Waals surface area (Å²) >= 11 is 6.02. The molecule has 0 atom stereocenters. The number of halogens is 1. The molecule has 0 aliphatic heterocycles. The Morgan fingerprint density at radius 3 is 2.24 bits per heavy atom. The van der Waals surface area contributed by atoms with Crippen molar-refractivity contribution in [3.8, 4) is 5.69 Å². The number of hydrogen-bond donors (Lipinski definition) is 1. The molecule has 0 spiro atoms. The number of sulfonamides is 1. The van der Waals surface area contributed by atoms with Crippen LogP contribution in [0.2, 0.25) is 5.02 Å². The van der Waals surface area contributed by atoms with Crippen molar-refractivity contribution in [2.24, 2.45) is 0 Å². The highest BCUT2D eigenvalue weighted by molar-refractivity contribution is 7.92. The summed E-state index contributed by atoms with van der Waals surface area (Å²) in [6, 6.07) is 14.1. The van der Waals surface area contributed by atoms with Crippen LogP contribution in [0.5, 0.6) is 0 Å². The first-order valence-electron chi connectivity index (χ1n) is 10.6. The van der Waals surface area contributed by atoms with Crippen LogP contribution >= 0.6 is 11.6 Å². The van der Waals surface area contributed by atoms with Crippen LogP contribution < -0.4 is 4.72 Å². The number of pyridine rings is 1. The van der Waals surface area contributed by atoms with Crippen LogP contribution in [-0.2, 0) is 15.4 Å². The predicted molar refractivity (Wildman–Crippen MR) is 134 cm³/mol. The van der Waals surface area contributed by atoms with E-state index in [1.54, 1.807) is 16.8 Å². The second-order valence-electron chi connectivity index (χ2n) is 9.39. The first kappa shape index (κ1) is 23.3. The van der Waals surface area contributed by atoms with Gasteiger partial charge < -0.3 is 0 Å². The third-order valence-corrected chi connectivity index (χ3v) is 7.06. The third kappa shape index (κ3) is 4.48. The monoisotopic (exact) mass is 482 g/mol. The molecule has 0 bridgehead atoms. The smallest absolute Gasteiger partial charge is 0.261 e. The van der Waals surface area contributed by atoms with Crippen molar-refractivity contribution in [3.63, 3.8) is 0 Å². The van der Waals surface area contributed by atoms with Gasteiger partial charge in [-0.2, -0.15) is 0 Å². The molecule has 2 heterocycles. The maximum atomic E-state index is 13.1. The number of fused-ring (bicyclic) bond motifs is 1. The fraction of sp³-hybridized carbons (Fsp3) is 0.280. The fourth-order valence-electron chi connectivity index (χ4n) is 3.97. The molecule has 4 rings (SSSR count). The van der Waals surface area contributed by atoms with Gasteiger partial charge in [-0.15, -0.1) is 5.10 Å². The van der Waals surface area contributed by atoms with E-state index in [4.69, 9.17) is 21.7 Å². The van der Waals surface area contributed by atoms with E-state index in [0.717, 1.165) is 28.1 Å². The lowest BCUT2D eigenvalue weighted by Gasteiger charge is -2.18. The van der Waals surface area contributed by atoms with E-state index >= 15 is 0 Å². The summed E-state index contributed by atoms with van der Waals surface area (Å²) in [6.45, 7) is 12.4. The predicted octanol–water partition coefficient (Wildman–Crippen LogP) is 6.10. The number of aryl methyl sites for hydroxylation is 3. The molecule has 33 heavy (non-hydrogen) atoms. The number of hydrogen-bond acceptors (Lipinski definition) is 4. The van der Waals surface area contributed by atoms with Crippen molar-refractivity contribution in [2.75, 3.05) is 4.72 Å². The van der Waals surface area contributed by atoms with Crippen LogP contribution in [0.25, 0.3) is 16.7 Å². The van der Waals surface area contributed by atoms with Gasteiger partial charge in [0.2, 0.25) is 0 Å². The van der Waals surface area contributed by atoms with Gasteiger partial charge in [-0.3, -0.25) is 4.72 Å². The van der Waals surface area contributed by atoms with Crippen LogP contribution in [0, 0.1) is 20.8 Å². The van der Waals surface area contributed by atoms with Gasteiger partial charge in [0.1, 0.15) is 0 Å². The van der Waals surface area contributed by atoms with Crippen LogP contribution in [-0.4, -0.2) is 23.2 Å². The summed E-state index contributed by atoms with van der Waals surface area (Å²) in [7, 11) is -3.90. The molecular weight excluding hydrogens is 456 g/mol. The zero-order valence-corrected chi connectivity index (χ0v) is 21.1. The summed E-state index contributed by atoms with van der Waals surface area (Å²) < 4.78 is 30.6. The Hall–Kier alpha value is -2.90. The molecule has 0 aliphatic rings. The topological polar surface area (TPSA) is 76.9 Å². The Labute approximate surface area is 199 Å². The van der Waals surface area contributed by atoms with E-state index in [-0.39, 0.29) is 16.1 Å². The Kier molecular flexibility index (Phi) is 5.75. The van der Waals surface area contributed by atoms with Gasteiger partial charge in [-0.1, -0.05) is 56.1 Å². The second-order valence-corrected chi connectivity index (χ2v) is 11.5. The van der Waals surface area contributed by atoms with Gasteiger partial charge in [0.25, 0.3) is 10.0 Å². The van der Waals surface area contributed by atoms with Gasteiger partial charge in [0, 0.05) is 16.1 Å². The maximum Gasteiger partial charge on any atom is 0.263 e. The molecule has 0 aliphatic carbocycles. The molecule has 4 aromatic rings. The van der Waals surface area contributed by atoms with E-state index in [2.05, 4.69) is 37.6 Å². The van der Waals surface area contributed by atoms with Crippen LogP contribution in [0.1, 0.15) is 43.2 Å². The SMILES string of the molecule is Cc1cc(C)c(-n2nc(NS(=O)(=O)c3cccc(Cl)c3)c3ccc(C(C)(C)C)nc32)c(C)c1. The minimum Gasteiger partial charge on any atom is -0.261 e. The van der Waals surface area contributed by atoms with Crippen molar-refractivity contribution in [1.82, 2.24) is 14.8 Å². The van der Waals surface area contributed by atoms with Gasteiger partial charge in [0.15, 0.2) is 11.5 Å². The van der Waals surface area contributed by atoms with Crippen molar-refractivity contribution in [2.45, 2.75) is 51.9 Å². The first-order valence-corrected chi connectivity index (χ1v) is 12.5. The summed E-state index contributed by atoms with van der Waals surface area (Å²) in [4.78, 5) is 4.98. The standard InChI is InChI=1S/C25H27ClN4O2S/c1-15-12-16(2)22(17(3)13-15)30-24-20(10-11-21(27-24)25(4,5)6)23(28-30)29-33(31,32)19-9-7-8-18(26)14-19/h7-14H,1-6H3,(H,28,29). The van der Waals surface area contributed by atoms with Crippen molar-refractivity contribution in [3.05, 3.63) is 75.9 Å². The quantitative estimate of drug-likeness (QED) is 0.381. The second kappa shape index (κ2) is 8.15. The van der Waals surface area contributed by atoms with Crippen molar-refractivity contribution >= 4 is 38.5 Å². The molecule has 2 aromatic carbocycles. The molecule has 0 saturated carbocycles. The Morgan fingerprint density at radius 1 is 0.970 bits per heavy atom. The number of aromatic nitrogens is 3. The number of rotatable bonds is 4. The van der Waals surface area contributed by atoms with Crippen LogP contribution in [0.3, 0.4) is 0 Å². The highest BCUT2D eigenvalue weighted by atomic mass is 35.5.